The van der Waals surface area contributed by atoms with Crippen molar-refractivity contribution in [3.63, 3.8) is 0 Å². The molecule has 0 fully saturated rings. The van der Waals surface area contributed by atoms with Crippen LogP contribution in [0.4, 0.5) is 0 Å². The van der Waals surface area contributed by atoms with E-state index >= 15 is 0 Å². The molecule has 0 radical (unpaired) electrons. The summed E-state index contributed by atoms with van der Waals surface area (Å²) in [5.74, 6) is -1.11. The van der Waals surface area contributed by atoms with Crippen LogP contribution in [-0.4, -0.2) is 28.8 Å². The lowest BCUT2D eigenvalue weighted by atomic mass is 10.1. The molecule has 5 heteroatoms. The quantitative estimate of drug-likeness (QED) is 0.430. The molecule has 1 amide bonds. The third-order valence-electron chi connectivity index (χ3n) is 2.32. The molecule has 94 valence electrons. The summed E-state index contributed by atoms with van der Waals surface area (Å²) < 4.78 is 0. The zero-order valence-corrected chi connectivity index (χ0v) is 10.6. The largest absolute Gasteiger partial charge is 0.480 e. The number of aliphatic carboxylic acids is 1. The van der Waals surface area contributed by atoms with Crippen LogP contribution in [0.1, 0.15) is 45.4 Å². The fraction of sp³-hybridized carbons (Fsp3) is 0.818. The van der Waals surface area contributed by atoms with Crippen LogP contribution in [0.2, 0.25) is 0 Å². The van der Waals surface area contributed by atoms with Crippen molar-refractivity contribution >= 4 is 24.5 Å². The highest BCUT2D eigenvalue weighted by Gasteiger charge is 2.17. The Morgan fingerprint density at radius 2 is 1.88 bits per heavy atom. The number of thiol groups is 1. The van der Waals surface area contributed by atoms with Crippen LogP contribution in [0.25, 0.3) is 0 Å². The van der Waals surface area contributed by atoms with E-state index in [4.69, 9.17) is 5.11 Å². The number of hydrogen-bond donors (Lipinski definition) is 3. The van der Waals surface area contributed by atoms with Gasteiger partial charge in [0.2, 0.25) is 5.91 Å². The van der Waals surface area contributed by atoms with Gasteiger partial charge in [0.25, 0.3) is 0 Å². The smallest absolute Gasteiger partial charge is 0.327 e. The molecule has 0 spiro atoms. The van der Waals surface area contributed by atoms with Gasteiger partial charge in [-0.05, 0) is 6.42 Å². The summed E-state index contributed by atoms with van der Waals surface area (Å²) in [6.45, 7) is 2.14. The number of unbranched alkanes of at least 4 members (excludes halogenated alkanes) is 4. The number of hydrogen-bond acceptors (Lipinski definition) is 3. The van der Waals surface area contributed by atoms with E-state index in [9.17, 15) is 9.59 Å². The van der Waals surface area contributed by atoms with Crippen molar-refractivity contribution in [1.29, 1.82) is 0 Å². The average molecular weight is 247 g/mol. The number of rotatable bonds is 9. The molecule has 0 bridgehead atoms. The highest BCUT2D eigenvalue weighted by Crippen LogP contribution is 2.05. The molecule has 0 saturated heterocycles. The molecule has 0 aromatic carbocycles. The highest BCUT2D eigenvalue weighted by molar-refractivity contribution is 7.80. The molecule has 0 aromatic rings. The lowest BCUT2D eigenvalue weighted by Gasteiger charge is -2.11. The normalized spacial score (nSPS) is 12.1. The maximum Gasteiger partial charge on any atom is 0.327 e. The molecule has 0 saturated carbocycles. The van der Waals surface area contributed by atoms with Crippen molar-refractivity contribution in [1.82, 2.24) is 5.32 Å². The molecule has 1 atom stereocenters. The zero-order valence-electron chi connectivity index (χ0n) is 9.74. The summed E-state index contributed by atoms with van der Waals surface area (Å²) in [5.41, 5.74) is 0. The summed E-state index contributed by atoms with van der Waals surface area (Å²) in [6, 6.07) is -0.869. The molecule has 0 aliphatic heterocycles. The van der Waals surface area contributed by atoms with Gasteiger partial charge in [-0.3, -0.25) is 4.79 Å². The Kier molecular flexibility index (Phi) is 9.09. The van der Waals surface area contributed by atoms with Gasteiger partial charge in [-0.2, -0.15) is 12.6 Å². The Bertz CT molecular complexity index is 221. The minimum absolute atomic E-state index is 0.122. The predicted molar refractivity (Wildman–Crippen MR) is 66.8 cm³/mol. The molecule has 0 aromatic heterocycles. The number of carbonyl (C=O) groups excluding carboxylic acids is 1. The number of amides is 1. The first-order valence-electron chi connectivity index (χ1n) is 5.74. The Balaban J connectivity index is 3.61. The number of carboxylic acids is 1. The average Bonchev–Trinajstić information content (AvgIpc) is 2.25. The van der Waals surface area contributed by atoms with E-state index in [1.54, 1.807) is 0 Å². The summed E-state index contributed by atoms with van der Waals surface area (Å²) in [5, 5.41) is 11.1. The van der Waals surface area contributed by atoms with Crippen molar-refractivity contribution in [2.45, 2.75) is 51.5 Å². The van der Waals surface area contributed by atoms with Gasteiger partial charge in [0, 0.05) is 12.2 Å². The number of carboxylic acid groups (broad SMARTS) is 1. The van der Waals surface area contributed by atoms with E-state index in [1.165, 1.54) is 12.8 Å². The second-order valence-corrected chi connectivity index (χ2v) is 4.17. The van der Waals surface area contributed by atoms with Gasteiger partial charge in [-0.25, -0.2) is 4.79 Å². The highest BCUT2D eigenvalue weighted by atomic mass is 32.1. The Hall–Kier alpha value is -0.710. The standard InChI is InChI=1S/C11H21NO3S/c1-2-3-4-5-6-7-10(13)12-9(8-16)11(14)15/h9,16H,2-8H2,1H3,(H,12,13)(H,14,15). The van der Waals surface area contributed by atoms with E-state index in [2.05, 4.69) is 24.9 Å². The fourth-order valence-electron chi connectivity index (χ4n) is 1.34. The lowest BCUT2D eigenvalue weighted by molar-refractivity contribution is -0.141. The summed E-state index contributed by atoms with van der Waals surface area (Å²) in [7, 11) is 0. The van der Waals surface area contributed by atoms with Crippen LogP contribution < -0.4 is 5.32 Å². The first kappa shape index (κ1) is 15.3. The van der Waals surface area contributed by atoms with Gasteiger partial charge in [-0.15, -0.1) is 0 Å². The Labute approximate surface area is 102 Å². The van der Waals surface area contributed by atoms with Crippen molar-refractivity contribution < 1.29 is 14.7 Å². The SMILES string of the molecule is CCCCCCCC(=O)NC(CS)C(=O)O. The van der Waals surface area contributed by atoms with E-state index in [0.29, 0.717) is 6.42 Å². The monoisotopic (exact) mass is 247 g/mol. The molecule has 0 aliphatic rings. The third-order valence-corrected chi connectivity index (χ3v) is 2.69. The summed E-state index contributed by atoms with van der Waals surface area (Å²) in [4.78, 5) is 22.0. The molecular weight excluding hydrogens is 226 g/mol. The number of nitrogens with one attached hydrogen (secondary N) is 1. The molecule has 0 heterocycles. The lowest BCUT2D eigenvalue weighted by Crippen LogP contribution is -2.42. The van der Waals surface area contributed by atoms with Crippen molar-refractivity contribution in [3.8, 4) is 0 Å². The number of carbonyl (C=O) groups is 2. The molecule has 0 rings (SSSR count). The van der Waals surface area contributed by atoms with Gasteiger partial charge in [0.1, 0.15) is 6.04 Å². The zero-order chi connectivity index (χ0) is 12.4. The minimum atomic E-state index is -1.03. The van der Waals surface area contributed by atoms with Crippen molar-refractivity contribution in [2.24, 2.45) is 0 Å². The van der Waals surface area contributed by atoms with Gasteiger partial charge >= 0.3 is 5.97 Å². The molecule has 2 N–H and O–H groups in total. The van der Waals surface area contributed by atoms with Crippen LogP contribution in [0.5, 0.6) is 0 Å². The summed E-state index contributed by atoms with van der Waals surface area (Å²) in [6.07, 6.45) is 5.76. The van der Waals surface area contributed by atoms with Gasteiger partial charge in [0.05, 0.1) is 0 Å². The Morgan fingerprint density at radius 1 is 1.25 bits per heavy atom. The second-order valence-electron chi connectivity index (χ2n) is 3.81. The minimum Gasteiger partial charge on any atom is -0.480 e. The first-order chi connectivity index (χ1) is 7.61. The van der Waals surface area contributed by atoms with Crippen LogP contribution in [-0.2, 0) is 9.59 Å². The molecular formula is C11H21NO3S. The van der Waals surface area contributed by atoms with E-state index in [0.717, 1.165) is 19.3 Å². The second kappa shape index (κ2) is 9.51. The van der Waals surface area contributed by atoms with Crippen LogP contribution in [0.15, 0.2) is 0 Å². The molecule has 16 heavy (non-hydrogen) atoms. The van der Waals surface area contributed by atoms with E-state index in [-0.39, 0.29) is 11.7 Å². The summed E-state index contributed by atoms with van der Waals surface area (Å²) >= 11 is 3.87. The van der Waals surface area contributed by atoms with Gasteiger partial charge < -0.3 is 10.4 Å². The molecule has 1 unspecified atom stereocenters. The van der Waals surface area contributed by atoms with Crippen molar-refractivity contribution in [2.75, 3.05) is 5.75 Å². The van der Waals surface area contributed by atoms with E-state index < -0.39 is 12.0 Å². The molecule has 4 nitrogen and oxygen atoms in total. The third kappa shape index (κ3) is 7.56. The van der Waals surface area contributed by atoms with E-state index in [1.807, 2.05) is 0 Å². The maximum absolute atomic E-state index is 11.3. The van der Waals surface area contributed by atoms with Crippen LogP contribution in [0.3, 0.4) is 0 Å². The topological polar surface area (TPSA) is 66.4 Å². The predicted octanol–water partition coefficient (Wildman–Crippen LogP) is 1.85. The first-order valence-corrected chi connectivity index (χ1v) is 6.38. The fourth-order valence-corrected chi connectivity index (χ4v) is 1.59. The van der Waals surface area contributed by atoms with Crippen molar-refractivity contribution in [3.05, 3.63) is 0 Å². The van der Waals surface area contributed by atoms with Gasteiger partial charge in [-0.1, -0.05) is 32.6 Å². The Morgan fingerprint density at radius 3 is 2.38 bits per heavy atom. The van der Waals surface area contributed by atoms with Crippen LogP contribution >= 0.6 is 12.6 Å². The van der Waals surface area contributed by atoms with Gasteiger partial charge in [0.15, 0.2) is 0 Å². The molecule has 0 aliphatic carbocycles. The maximum atomic E-state index is 11.3. The van der Waals surface area contributed by atoms with Crippen LogP contribution in [0, 0.1) is 0 Å².